The zero-order valence-corrected chi connectivity index (χ0v) is 27.5. The SMILES string of the molecule is CC1O[C@@H](Oc2cc(O)c3c(=O)c(O[C@@H]4OC(C)[C@H](O)C(OC(=O)/C=C/c5ccc(O)cc5)[C@@H]4O)c(-c4ccc(O)cc4)oc3c2)[C@@H](O)C(O)[C@H]1O. The smallest absolute Gasteiger partial charge is 0.331 e. The monoisotopic (exact) mass is 724 g/mol. The second-order valence-corrected chi connectivity index (χ2v) is 12.4. The molecule has 0 spiro atoms. The number of ether oxygens (including phenoxy) is 5. The van der Waals surface area contributed by atoms with Gasteiger partial charge in [0.2, 0.25) is 23.8 Å². The fourth-order valence-electron chi connectivity index (χ4n) is 5.75. The first-order valence-electron chi connectivity index (χ1n) is 16.1. The Labute approximate surface area is 294 Å². The highest BCUT2D eigenvalue weighted by Gasteiger charge is 2.47. The summed E-state index contributed by atoms with van der Waals surface area (Å²) in [7, 11) is 0. The van der Waals surface area contributed by atoms with Crippen molar-refractivity contribution in [3.63, 3.8) is 0 Å². The molecular formula is C36H36O16. The standard InChI is InChI=1S/C36H36O16/c1-15-26(41)29(44)30(45)35(47-15)49-21-13-22(39)25-23(14-21)50-32(18-6-10-20(38)11-7-18)34(28(25)43)52-36-31(46)33(27(42)16(2)48-36)51-24(40)12-5-17-3-8-19(37)9-4-17/h3-16,26-27,29-31,33,35-39,41-42,44-46H,1-2H3/b12-5+/t15?,16?,26-,27-,29?,30-,31-,33?,35-,36-/m0/s1. The summed E-state index contributed by atoms with van der Waals surface area (Å²) in [6.07, 6.45) is -12.4. The van der Waals surface area contributed by atoms with Gasteiger partial charge in [-0.3, -0.25) is 4.79 Å². The van der Waals surface area contributed by atoms with Gasteiger partial charge in [0.1, 0.15) is 58.4 Å². The molecule has 0 bridgehead atoms. The van der Waals surface area contributed by atoms with Crippen molar-refractivity contribution in [3.8, 4) is 40.1 Å². The molecule has 3 heterocycles. The molecule has 276 valence electrons. The van der Waals surface area contributed by atoms with Crippen LogP contribution in [0, 0.1) is 0 Å². The lowest BCUT2D eigenvalue weighted by atomic mass is 9.99. The Morgan fingerprint density at radius 2 is 1.33 bits per heavy atom. The molecule has 16 heteroatoms. The van der Waals surface area contributed by atoms with Crippen LogP contribution in [0.1, 0.15) is 19.4 Å². The van der Waals surface area contributed by atoms with E-state index in [1.165, 1.54) is 62.4 Å². The molecule has 0 saturated carbocycles. The molecule has 0 amide bonds. The molecule has 10 atom stereocenters. The number of benzene rings is 3. The number of carbonyl (C=O) groups is 1. The van der Waals surface area contributed by atoms with Crippen LogP contribution < -0.4 is 14.9 Å². The Morgan fingerprint density at radius 1 is 0.731 bits per heavy atom. The third-order valence-corrected chi connectivity index (χ3v) is 8.67. The maximum atomic E-state index is 14.1. The first-order valence-corrected chi connectivity index (χ1v) is 16.1. The fourth-order valence-corrected chi connectivity index (χ4v) is 5.75. The topological polar surface area (TPSA) is 255 Å². The second kappa shape index (κ2) is 14.8. The highest BCUT2D eigenvalue weighted by molar-refractivity contribution is 5.88. The molecule has 3 aromatic carbocycles. The van der Waals surface area contributed by atoms with Gasteiger partial charge in [-0.15, -0.1) is 0 Å². The summed E-state index contributed by atoms with van der Waals surface area (Å²) in [6, 6.07) is 13.5. The number of esters is 1. The lowest BCUT2D eigenvalue weighted by Gasteiger charge is -2.40. The average molecular weight is 725 g/mol. The molecular weight excluding hydrogens is 688 g/mol. The van der Waals surface area contributed by atoms with Crippen LogP contribution in [0.3, 0.4) is 0 Å². The number of phenols is 3. The van der Waals surface area contributed by atoms with Gasteiger partial charge in [-0.1, -0.05) is 12.1 Å². The molecule has 1 aromatic heterocycles. The summed E-state index contributed by atoms with van der Waals surface area (Å²) >= 11 is 0. The summed E-state index contributed by atoms with van der Waals surface area (Å²) in [5.41, 5.74) is -0.447. The van der Waals surface area contributed by atoms with Gasteiger partial charge in [0.15, 0.2) is 18.0 Å². The Bertz CT molecular complexity index is 1990. The van der Waals surface area contributed by atoms with E-state index in [4.69, 9.17) is 28.1 Å². The van der Waals surface area contributed by atoms with Crippen LogP contribution in [-0.4, -0.2) is 108 Å². The largest absolute Gasteiger partial charge is 0.508 e. The van der Waals surface area contributed by atoms with E-state index in [0.29, 0.717) is 5.56 Å². The third kappa shape index (κ3) is 7.40. The van der Waals surface area contributed by atoms with Crippen molar-refractivity contribution in [1.29, 1.82) is 0 Å². The minimum absolute atomic E-state index is 0.0279. The number of hydrogen-bond acceptors (Lipinski definition) is 16. The van der Waals surface area contributed by atoms with E-state index < -0.39 is 89.7 Å². The van der Waals surface area contributed by atoms with Gasteiger partial charge in [-0.25, -0.2) is 4.79 Å². The summed E-state index contributed by atoms with van der Waals surface area (Å²) in [6.45, 7) is 2.88. The quantitative estimate of drug-likeness (QED) is 0.0940. The van der Waals surface area contributed by atoms with Crippen LogP contribution in [0.2, 0.25) is 0 Å². The fraction of sp³-hybridized carbons (Fsp3) is 0.333. The number of phenolic OH excluding ortho intramolecular Hbond substituents is 3. The normalized spacial score (nSPS) is 29.2. The molecule has 16 nitrogen and oxygen atoms in total. The van der Waals surface area contributed by atoms with Gasteiger partial charge in [-0.05, 0) is 61.9 Å². The molecule has 6 rings (SSSR count). The van der Waals surface area contributed by atoms with Crippen LogP contribution in [0.5, 0.6) is 28.7 Å². The Morgan fingerprint density at radius 3 is 1.98 bits per heavy atom. The van der Waals surface area contributed by atoms with Gasteiger partial charge in [-0.2, -0.15) is 0 Å². The maximum absolute atomic E-state index is 14.1. The van der Waals surface area contributed by atoms with Gasteiger partial charge in [0.25, 0.3) is 0 Å². The number of rotatable bonds is 8. The number of aromatic hydroxyl groups is 3. The zero-order chi connectivity index (χ0) is 37.4. The second-order valence-electron chi connectivity index (χ2n) is 12.4. The van der Waals surface area contributed by atoms with Crippen molar-refractivity contribution in [1.82, 2.24) is 0 Å². The van der Waals surface area contributed by atoms with Gasteiger partial charge >= 0.3 is 5.97 Å². The minimum atomic E-state index is -1.86. The lowest BCUT2D eigenvalue weighted by molar-refractivity contribution is -0.271. The summed E-state index contributed by atoms with van der Waals surface area (Å²) in [4.78, 5) is 26.8. The zero-order valence-electron chi connectivity index (χ0n) is 27.5. The lowest BCUT2D eigenvalue weighted by Crippen LogP contribution is -2.59. The summed E-state index contributed by atoms with van der Waals surface area (Å²) in [5.74, 6) is -2.67. The van der Waals surface area contributed by atoms with Crippen molar-refractivity contribution < 1.29 is 73.7 Å². The molecule has 52 heavy (non-hydrogen) atoms. The highest BCUT2D eigenvalue weighted by atomic mass is 16.7. The van der Waals surface area contributed by atoms with E-state index in [9.17, 15) is 50.4 Å². The molecule has 4 aromatic rings. The van der Waals surface area contributed by atoms with Crippen LogP contribution in [-0.2, 0) is 19.0 Å². The van der Waals surface area contributed by atoms with Crippen molar-refractivity contribution in [2.24, 2.45) is 0 Å². The predicted molar refractivity (Wildman–Crippen MR) is 178 cm³/mol. The Kier molecular flexibility index (Phi) is 10.4. The van der Waals surface area contributed by atoms with E-state index in [1.807, 2.05) is 0 Å². The van der Waals surface area contributed by atoms with E-state index >= 15 is 0 Å². The maximum Gasteiger partial charge on any atom is 0.331 e. The number of carbonyl (C=O) groups excluding carboxylic acids is 1. The van der Waals surface area contributed by atoms with Crippen LogP contribution >= 0.6 is 0 Å². The molecule has 2 saturated heterocycles. The first kappa shape index (κ1) is 36.6. The van der Waals surface area contributed by atoms with E-state index in [-0.39, 0.29) is 34.2 Å². The van der Waals surface area contributed by atoms with Crippen LogP contribution in [0.15, 0.2) is 76.0 Å². The van der Waals surface area contributed by atoms with Gasteiger partial charge < -0.3 is 69.0 Å². The number of fused-ring (bicyclic) bond motifs is 1. The predicted octanol–water partition coefficient (Wildman–Crippen LogP) is 1.25. The third-order valence-electron chi connectivity index (χ3n) is 8.67. The van der Waals surface area contributed by atoms with E-state index in [2.05, 4.69) is 0 Å². The van der Waals surface area contributed by atoms with Crippen molar-refractivity contribution in [2.45, 2.75) is 75.3 Å². The Balaban J connectivity index is 1.32. The molecule has 2 aliphatic heterocycles. The van der Waals surface area contributed by atoms with Gasteiger partial charge in [0, 0.05) is 23.8 Å². The first-order chi connectivity index (χ1) is 24.7. The average Bonchev–Trinajstić information content (AvgIpc) is 3.11. The van der Waals surface area contributed by atoms with Crippen molar-refractivity contribution >= 4 is 23.0 Å². The van der Waals surface area contributed by atoms with Crippen molar-refractivity contribution in [2.75, 3.05) is 0 Å². The Hall–Kier alpha value is -5.20. The number of aliphatic hydroxyl groups is 5. The molecule has 0 aliphatic carbocycles. The number of hydrogen-bond donors (Lipinski definition) is 8. The molecule has 2 aliphatic rings. The molecule has 4 unspecified atom stereocenters. The van der Waals surface area contributed by atoms with Crippen LogP contribution in [0.4, 0.5) is 0 Å². The van der Waals surface area contributed by atoms with E-state index in [0.717, 1.165) is 12.1 Å². The minimum Gasteiger partial charge on any atom is -0.508 e. The molecule has 0 radical (unpaired) electrons. The summed E-state index contributed by atoms with van der Waals surface area (Å²) < 4.78 is 34.2. The molecule has 8 N–H and O–H groups in total. The number of aliphatic hydroxyl groups excluding tert-OH is 5. The summed E-state index contributed by atoms with van der Waals surface area (Å²) in [5, 5.41) is 82.6. The highest BCUT2D eigenvalue weighted by Crippen LogP contribution is 2.38. The van der Waals surface area contributed by atoms with Gasteiger partial charge in [0.05, 0.1) is 12.2 Å². The van der Waals surface area contributed by atoms with E-state index in [1.54, 1.807) is 12.1 Å². The van der Waals surface area contributed by atoms with Crippen molar-refractivity contribution in [3.05, 3.63) is 82.5 Å². The van der Waals surface area contributed by atoms with Crippen LogP contribution in [0.25, 0.3) is 28.4 Å². The molecule has 2 fully saturated rings.